The van der Waals surface area contributed by atoms with Crippen molar-refractivity contribution in [3.63, 3.8) is 0 Å². The van der Waals surface area contributed by atoms with Gasteiger partial charge in [0.1, 0.15) is 5.75 Å². The van der Waals surface area contributed by atoms with Gasteiger partial charge in [-0.05, 0) is 87.3 Å². The molecule has 1 aromatic heterocycles. The molecule has 1 atom stereocenters. The molecule has 2 amide bonds. The standard InChI is InChI=1S/C36H47N5O5/c1-24-20-26(21-25(2)33(24)43)22-30(35(44)40-14-8-27(9-15-40)28-12-18-46-19-13-28)23-32(42)39-16-10-31(11-17-39)41-36(45)37-34(38-41)29-6-4-3-5-7-29/h3-7,20-21,27-28,30-31,43H,8-19,22-23H2,1-2H3,(H,37,38,45)/t30-/m0/s1. The van der Waals surface area contributed by atoms with Crippen molar-refractivity contribution in [2.45, 2.75) is 71.3 Å². The molecule has 3 aliphatic rings. The minimum absolute atomic E-state index is 0.0273. The number of rotatable bonds is 8. The first kappa shape index (κ1) is 32.0. The molecular formula is C36H47N5O5. The van der Waals surface area contributed by atoms with Crippen molar-refractivity contribution >= 4 is 11.8 Å². The molecule has 0 bridgehead atoms. The molecule has 0 aliphatic carbocycles. The molecule has 46 heavy (non-hydrogen) atoms. The number of phenols is 1. The molecule has 10 nitrogen and oxygen atoms in total. The number of aromatic amines is 1. The van der Waals surface area contributed by atoms with E-state index in [0.29, 0.717) is 50.0 Å². The van der Waals surface area contributed by atoms with Gasteiger partial charge in [-0.25, -0.2) is 9.48 Å². The predicted molar refractivity (Wildman–Crippen MR) is 175 cm³/mol. The second-order valence-electron chi connectivity index (χ2n) is 13.5. The summed E-state index contributed by atoms with van der Waals surface area (Å²) < 4.78 is 7.09. The van der Waals surface area contributed by atoms with E-state index in [1.807, 2.05) is 66.1 Å². The highest BCUT2D eigenvalue weighted by molar-refractivity contribution is 5.86. The molecule has 0 radical (unpaired) electrons. The quantitative estimate of drug-likeness (QED) is 0.375. The fourth-order valence-electron chi connectivity index (χ4n) is 7.74. The van der Waals surface area contributed by atoms with Gasteiger partial charge in [-0.2, -0.15) is 0 Å². The molecule has 10 heteroatoms. The van der Waals surface area contributed by atoms with Crippen LogP contribution in [0.5, 0.6) is 5.75 Å². The number of nitrogens with zero attached hydrogens (tertiary/aromatic N) is 4. The largest absolute Gasteiger partial charge is 0.507 e. The summed E-state index contributed by atoms with van der Waals surface area (Å²) in [5.74, 6) is 1.67. The van der Waals surface area contributed by atoms with Crippen LogP contribution in [0.15, 0.2) is 47.3 Å². The molecule has 3 aliphatic heterocycles. The topological polar surface area (TPSA) is 121 Å². The van der Waals surface area contributed by atoms with Gasteiger partial charge in [-0.3, -0.25) is 14.6 Å². The molecular weight excluding hydrogens is 582 g/mol. The Morgan fingerprint density at radius 1 is 0.913 bits per heavy atom. The number of H-pyrrole nitrogens is 1. The van der Waals surface area contributed by atoms with E-state index in [4.69, 9.17) is 4.74 Å². The van der Waals surface area contributed by atoms with Crippen LogP contribution in [0.3, 0.4) is 0 Å². The number of carbonyl (C=O) groups excluding carboxylic acids is 2. The third-order valence-electron chi connectivity index (χ3n) is 10.4. The average Bonchev–Trinajstić information content (AvgIpc) is 3.48. The Balaban J connectivity index is 1.11. The highest BCUT2D eigenvalue weighted by Gasteiger charge is 2.35. The predicted octanol–water partition coefficient (Wildman–Crippen LogP) is 4.64. The highest BCUT2D eigenvalue weighted by atomic mass is 16.5. The Morgan fingerprint density at radius 2 is 1.52 bits per heavy atom. The maximum Gasteiger partial charge on any atom is 0.343 e. The molecule has 0 spiro atoms. The number of ether oxygens (including phenoxy) is 1. The molecule has 0 saturated carbocycles. The normalized spacial score (nSPS) is 19.3. The summed E-state index contributed by atoms with van der Waals surface area (Å²) in [5.41, 5.74) is 3.12. The van der Waals surface area contributed by atoms with Crippen molar-refractivity contribution in [3.8, 4) is 17.1 Å². The van der Waals surface area contributed by atoms with E-state index in [-0.39, 0.29) is 35.7 Å². The summed E-state index contributed by atoms with van der Waals surface area (Å²) in [5, 5.41) is 14.9. The number of aromatic nitrogens is 3. The van der Waals surface area contributed by atoms with E-state index in [2.05, 4.69) is 10.1 Å². The summed E-state index contributed by atoms with van der Waals surface area (Å²) >= 11 is 0. The van der Waals surface area contributed by atoms with Crippen molar-refractivity contribution in [2.75, 3.05) is 39.4 Å². The van der Waals surface area contributed by atoms with Gasteiger partial charge < -0.3 is 19.6 Å². The summed E-state index contributed by atoms with van der Waals surface area (Å²) in [6.45, 7) is 7.89. The van der Waals surface area contributed by atoms with Gasteiger partial charge in [0, 0.05) is 51.4 Å². The Kier molecular flexibility index (Phi) is 9.92. The first-order valence-electron chi connectivity index (χ1n) is 16.9. The number of nitrogens with one attached hydrogen (secondary N) is 1. The highest BCUT2D eigenvalue weighted by Crippen LogP contribution is 2.33. The van der Waals surface area contributed by atoms with Gasteiger partial charge in [-0.1, -0.05) is 42.5 Å². The summed E-state index contributed by atoms with van der Waals surface area (Å²) in [7, 11) is 0. The number of hydrogen-bond donors (Lipinski definition) is 2. The molecule has 6 rings (SSSR count). The molecule has 3 aromatic rings. The zero-order chi connectivity index (χ0) is 32.2. The van der Waals surface area contributed by atoms with E-state index in [9.17, 15) is 19.5 Å². The molecule has 2 aromatic carbocycles. The molecule has 2 N–H and O–H groups in total. The van der Waals surface area contributed by atoms with Crippen LogP contribution in [-0.2, 0) is 20.7 Å². The number of phenolic OH excluding ortho intramolecular Hbond substituents is 1. The number of piperidine rings is 2. The van der Waals surface area contributed by atoms with Crippen LogP contribution >= 0.6 is 0 Å². The zero-order valence-corrected chi connectivity index (χ0v) is 27.1. The number of amides is 2. The Hall–Kier alpha value is -3.92. The number of carbonyl (C=O) groups is 2. The first-order chi connectivity index (χ1) is 22.3. The van der Waals surface area contributed by atoms with Crippen LogP contribution in [0, 0.1) is 31.6 Å². The minimum Gasteiger partial charge on any atom is -0.507 e. The molecule has 3 saturated heterocycles. The maximum absolute atomic E-state index is 14.1. The van der Waals surface area contributed by atoms with Gasteiger partial charge in [-0.15, -0.1) is 5.10 Å². The lowest BCUT2D eigenvalue weighted by Crippen LogP contribution is -2.46. The fourth-order valence-corrected chi connectivity index (χ4v) is 7.74. The van der Waals surface area contributed by atoms with E-state index < -0.39 is 5.92 Å². The molecule has 0 unspecified atom stereocenters. The molecule has 3 fully saturated rings. The second-order valence-corrected chi connectivity index (χ2v) is 13.5. The number of aryl methyl sites for hydroxylation is 2. The minimum atomic E-state index is -0.476. The number of hydrogen-bond acceptors (Lipinski definition) is 6. The van der Waals surface area contributed by atoms with E-state index in [0.717, 1.165) is 74.2 Å². The second kappa shape index (κ2) is 14.2. The third kappa shape index (κ3) is 7.22. The lowest BCUT2D eigenvalue weighted by molar-refractivity contribution is -0.143. The number of benzene rings is 2. The zero-order valence-electron chi connectivity index (χ0n) is 27.1. The third-order valence-corrected chi connectivity index (χ3v) is 10.4. The van der Waals surface area contributed by atoms with Gasteiger partial charge in [0.05, 0.1) is 12.0 Å². The van der Waals surface area contributed by atoms with Gasteiger partial charge >= 0.3 is 5.69 Å². The maximum atomic E-state index is 14.1. The lowest BCUT2D eigenvalue weighted by Gasteiger charge is -2.39. The summed E-state index contributed by atoms with van der Waals surface area (Å²) in [4.78, 5) is 47.3. The Morgan fingerprint density at radius 3 is 2.17 bits per heavy atom. The van der Waals surface area contributed by atoms with E-state index in [1.54, 1.807) is 0 Å². The number of likely N-dealkylation sites (tertiary alicyclic amines) is 2. The molecule has 246 valence electrons. The Labute approximate surface area is 270 Å². The van der Waals surface area contributed by atoms with E-state index >= 15 is 0 Å². The van der Waals surface area contributed by atoms with E-state index in [1.165, 1.54) is 4.68 Å². The number of aromatic hydroxyl groups is 1. The Bertz CT molecular complexity index is 1540. The van der Waals surface area contributed by atoms with Crippen molar-refractivity contribution < 1.29 is 19.4 Å². The first-order valence-corrected chi connectivity index (χ1v) is 16.9. The van der Waals surface area contributed by atoms with Gasteiger partial charge in [0.25, 0.3) is 0 Å². The lowest BCUT2D eigenvalue weighted by atomic mass is 9.79. The van der Waals surface area contributed by atoms with Gasteiger partial charge in [0.15, 0.2) is 5.82 Å². The van der Waals surface area contributed by atoms with Crippen LogP contribution in [0.4, 0.5) is 0 Å². The average molecular weight is 630 g/mol. The van der Waals surface area contributed by atoms with Crippen LogP contribution in [0.2, 0.25) is 0 Å². The summed E-state index contributed by atoms with van der Waals surface area (Å²) in [6, 6.07) is 13.3. The SMILES string of the molecule is Cc1cc(C[C@@H](CC(=O)N2CCC(n3nc(-c4ccccc4)[nH]c3=O)CC2)C(=O)N2CCC(C3CCOCC3)CC2)cc(C)c1O. The van der Waals surface area contributed by atoms with Gasteiger partial charge in [0.2, 0.25) is 11.8 Å². The van der Waals surface area contributed by atoms with Crippen LogP contribution in [0.1, 0.15) is 67.7 Å². The fraction of sp³-hybridized carbons (Fsp3) is 0.556. The van der Waals surface area contributed by atoms with Crippen molar-refractivity contribution in [2.24, 2.45) is 17.8 Å². The smallest absolute Gasteiger partial charge is 0.343 e. The van der Waals surface area contributed by atoms with Crippen LogP contribution in [-0.4, -0.2) is 80.9 Å². The van der Waals surface area contributed by atoms with Crippen molar-refractivity contribution in [1.82, 2.24) is 24.6 Å². The summed E-state index contributed by atoms with van der Waals surface area (Å²) in [6.07, 6.45) is 6.06. The van der Waals surface area contributed by atoms with Crippen molar-refractivity contribution in [1.29, 1.82) is 0 Å². The van der Waals surface area contributed by atoms with Crippen LogP contribution < -0.4 is 5.69 Å². The van der Waals surface area contributed by atoms with Crippen molar-refractivity contribution in [3.05, 3.63) is 69.6 Å². The van der Waals surface area contributed by atoms with Crippen LogP contribution in [0.25, 0.3) is 11.4 Å². The monoisotopic (exact) mass is 629 g/mol. The molecule has 4 heterocycles.